The SMILES string of the molecule is Clc1cccc(CCCN2CCNCC2)c1. The van der Waals surface area contributed by atoms with Crippen LogP contribution in [0.1, 0.15) is 12.0 Å². The first-order valence-electron chi connectivity index (χ1n) is 6.02. The minimum absolute atomic E-state index is 0.847. The van der Waals surface area contributed by atoms with Gasteiger partial charge >= 0.3 is 0 Å². The molecule has 3 heteroatoms. The summed E-state index contributed by atoms with van der Waals surface area (Å²) in [4.78, 5) is 2.53. The Balaban J connectivity index is 1.71. The molecule has 1 heterocycles. The van der Waals surface area contributed by atoms with Gasteiger partial charge in [0.05, 0.1) is 0 Å². The lowest BCUT2D eigenvalue weighted by Gasteiger charge is -2.27. The van der Waals surface area contributed by atoms with E-state index in [-0.39, 0.29) is 0 Å². The molecule has 0 aliphatic carbocycles. The van der Waals surface area contributed by atoms with Crippen LogP contribution in [-0.4, -0.2) is 37.6 Å². The van der Waals surface area contributed by atoms with E-state index < -0.39 is 0 Å². The van der Waals surface area contributed by atoms with Gasteiger partial charge in [0.1, 0.15) is 0 Å². The lowest BCUT2D eigenvalue weighted by molar-refractivity contribution is 0.238. The molecule has 0 spiro atoms. The summed E-state index contributed by atoms with van der Waals surface area (Å²) in [5, 5.41) is 4.22. The van der Waals surface area contributed by atoms with Crippen LogP contribution in [0.5, 0.6) is 0 Å². The lowest BCUT2D eigenvalue weighted by Crippen LogP contribution is -2.43. The van der Waals surface area contributed by atoms with Crippen LogP contribution in [0.25, 0.3) is 0 Å². The third-order valence-corrected chi connectivity index (χ3v) is 3.27. The second-order valence-electron chi connectivity index (χ2n) is 4.33. The molecule has 88 valence electrons. The molecule has 0 saturated carbocycles. The van der Waals surface area contributed by atoms with Crippen molar-refractivity contribution in [1.82, 2.24) is 10.2 Å². The number of nitrogens with one attached hydrogen (secondary N) is 1. The summed E-state index contributed by atoms with van der Waals surface area (Å²) in [6.45, 7) is 5.85. The van der Waals surface area contributed by atoms with Crippen LogP contribution in [0.2, 0.25) is 5.02 Å². The molecule has 0 bridgehead atoms. The molecule has 1 fully saturated rings. The molecule has 0 unspecified atom stereocenters. The fourth-order valence-corrected chi connectivity index (χ4v) is 2.35. The summed E-state index contributed by atoms with van der Waals surface area (Å²) >= 11 is 5.95. The molecule has 2 nitrogen and oxygen atoms in total. The maximum Gasteiger partial charge on any atom is 0.0408 e. The number of aryl methyl sites for hydroxylation is 1. The van der Waals surface area contributed by atoms with Crippen LogP contribution >= 0.6 is 11.6 Å². The van der Waals surface area contributed by atoms with Gasteiger partial charge in [-0.1, -0.05) is 23.7 Å². The number of rotatable bonds is 4. The van der Waals surface area contributed by atoms with E-state index in [0.717, 1.165) is 24.5 Å². The van der Waals surface area contributed by atoms with Gasteiger partial charge in [-0.25, -0.2) is 0 Å². The molecule has 0 aromatic heterocycles. The zero-order valence-electron chi connectivity index (χ0n) is 9.58. The number of halogens is 1. The highest BCUT2D eigenvalue weighted by atomic mass is 35.5. The highest BCUT2D eigenvalue weighted by molar-refractivity contribution is 6.30. The summed E-state index contributed by atoms with van der Waals surface area (Å²) in [5.74, 6) is 0. The van der Waals surface area contributed by atoms with Crippen molar-refractivity contribution in [2.75, 3.05) is 32.7 Å². The fraction of sp³-hybridized carbons (Fsp3) is 0.538. The van der Waals surface area contributed by atoms with Gasteiger partial charge < -0.3 is 10.2 Å². The molecule has 1 aromatic rings. The van der Waals surface area contributed by atoms with Crippen molar-refractivity contribution in [3.05, 3.63) is 34.9 Å². The monoisotopic (exact) mass is 238 g/mol. The zero-order chi connectivity index (χ0) is 11.2. The van der Waals surface area contributed by atoms with E-state index in [1.54, 1.807) is 0 Å². The van der Waals surface area contributed by atoms with Crippen molar-refractivity contribution in [2.24, 2.45) is 0 Å². The van der Waals surface area contributed by atoms with E-state index in [1.165, 1.54) is 31.6 Å². The highest BCUT2D eigenvalue weighted by Crippen LogP contribution is 2.12. The van der Waals surface area contributed by atoms with E-state index >= 15 is 0 Å². The van der Waals surface area contributed by atoms with E-state index in [9.17, 15) is 0 Å². The first-order chi connectivity index (χ1) is 7.84. The molecule has 16 heavy (non-hydrogen) atoms. The number of nitrogens with zero attached hydrogens (tertiary/aromatic N) is 1. The third kappa shape index (κ3) is 3.78. The van der Waals surface area contributed by atoms with Crippen LogP contribution in [-0.2, 0) is 6.42 Å². The Morgan fingerprint density at radius 2 is 2.06 bits per heavy atom. The van der Waals surface area contributed by atoms with Crippen molar-refractivity contribution in [3.63, 3.8) is 0 Å². The number of piperazine rings is 1. The average Bonchev–Trinajstić information content (AvgIpc) is 2.30. The predicted octanol–water partition coefficient (Wildman–Crippen LogP) is 2.18. The highest BCUT2D eigenvalue weighted by Gasteiger charge is 2.08. The first-order valence-corrected chi connectivity index (χ1v) is 6.40. The molecule has 1 saturated heterocycles. The molecule has 0 radical (unpaired) electrons. The number of benzene rings is 1. The topological polar surface area (TPSA) is 15.3 Å². The number of hydrogen-bond donors (Lipinski definition) is 1. The molecular weight excluding hydrogens is 220 g/mol. The summed E-state index contributed by atoms with van der Waals surface area (Å²) in [6, 6.07) is 8.19. The number of hydrogen-bond acceptors (Lipinski definition) is 2. The Morgan fingerprint density at radius 3 is 2.81 bits per heavy atom. The first kappa shape index (κ1) is 11.9. The van der Waals surface area contributed by atoms with E-state index in [4.69, 9.17) is 11.6 Å². The van der Waals surface area contributed by atoms with Gasteiger partial charge in [-0.3, -0.25) is 0 Å². The van der Waals surface area contributed by atoms with Crippen LogP contribution in [0.3, 0.4) is 0 Å². The molecule has 1 aliphatic heterocycles. The quantitative estimate of drug-likeness (QED) is 0.865. The van der Waals surface area contributed by atoms with Gasteiger partial charge in [0, 0.05) is 31.2 Å². The second kappa shape index (κ2) is 6.24. The fourth-order valence-electron chi connectivity index (χ4n) is 2.13. The van der Waals surface area contributed by atoms with Crippen molar-refractivity contribution in [2.45, 2.75) is 12.8 Å². The van der Waals surface area contributed by atoms with Crippen molar-refractivity contribution in [1.29, 1.82) is 0 Å². The smallest absolute Gasteiger partial charge is 0.0408 e. The minimum atomic E-state index is 0.847. The molecule has 1 aliphatic rings. The Labute approximate surface area is 103 Å². The molecule has 1 N–H and O–H groups in total. The van der Waals surface area contributed by atoms with Gasteiger partial charge in [0.25, 0.3) is 0 Å². The van der Waals surface area contributed by atoms with Gasteiger partial charge in [0.15, 0.2) is 0 Å². The van der Waals surface area contributed by atoms with Crippen LogP contribution in [0.15, 0.2) is 24.3 Å². The molecule has 2 rings (SSSR count). The summed E-state index contributed by atoms with van der Waals surface area (Å²) in [7, 11) is 0. The average molecular weight is 239 g/mol. The summed E-state index contributed by atoms with van der Waals surface area (Å²) < 4.78 is 0. The Hall–Kier alpha value is -0.570. The van der Waals surface area contributed by atoms with Crippen LogP contribution in [0, 0.1) is 0 Å². The van der Waals surface area contributed by atoms with E-state index in [0.29, 0.717) is 0 Å². The standard InChI is InChI=1S/C13H19ClN2/c14-13-5-1-3-12(11-13)4-2-8-16-9-6-15-7-10-16/h1,3,5,11,15H,2,4,6-10H2. The summed E-state index contributed by atoms with van der Waals surface area (Å²) in [6.07, 6.45) is 2.35. The molecule has 0 amide bonds. The van der Waals surface area contributed by atoms with Gasteiger partial charge in [0.2, 0.25) is 0 Å². The predicted molar refractivity (Wildman–Crippen MR) is 69.1 cm³/mol. The Bertz CT molecular complexity index is 321. The molecule has 0 atom stereocenters. The summed E-state index contributed by atoms with van der Waals surface area (Å²) in [5.41, 5.74) is 1.35. The largest absolute Gasteiger partial charge is 0.314 e. The van der Waals surface area contributed by atoms with Gasteiger partial charge in [-0.2, -0.15) is 0 Å². The van der Waals surface area contributed by atoms with Gasteiger partial charge in [-0.15, -0.1) is 0 Å². The van der Waals surface area contributed by atoms with Crippen molar-refractivity contribution < 1.29 is 0 Å². The van der Waals surface area contributed by atoms with Crippen LogP contribution < -0.4 is 5.32 Å². The molecular formula is C13H19ClN2. The van der Waals surface area contributed by atoms with E-state index in [2.05, 4.69) is 22.3 Å². The second-order valence-corrected chi connectivity index (χ2v) is 4.76. The zero-order valence-corrected chi connectivity index (χ0v) is 10.3. The van der Waals surface area contributed by atoms with E-state index in [1.807, 2.05) is 12.1 Å². The van der Waals surface area contributed by atoms with Crippen molar-refractivity contribution >= 4 is 11.6 Å². The Morgan fingerprint density at radius 1 is 1.25 bits per heavy atom. The molecule has 1 aromatic carbocycles. The van der Waals surface area contributed by atoms with Crippen molar-refractivity contribution in [3.8, 4) is 0 Å². The third-order valence-electron chi connectivity index (χ3n) is 3.04. The maximum atomic E-state index is 5.95. The Kier molecular flexibility index (Phi) is 4.64. The minimum Gasteiger partial charge on any atom is -0.314 e. The van der Waals surface area contributed by atoms with Crippen LogP contribution in [0.4, 0.5) is 0 Å². The normalized spacial score (nSPS) is 17.6. The lowest BCUT2D eigenvalue weighted by atomic mass is 10.1. The van der Waals surface area contributed by atoms with Gasteiger partial charge in [-0.05, 0) is 37.1 Å². The maximum absolute atomic E-state index is 5.95.